The van der Waals surface area contributed by atoms with Gasteiger partial charge in [-0.2, -0.15) is 0 Å². The molecule has 0 radical (unpaired) electrons. The summed E-state index contributed by atoms with van der Waals surface area (Å²) >= 11 is 0. The van der Waals surface area contributed by atoms with Crippen molar-refractivity contribution >= 4 is 10.0 Å². The zero-order valence-electron chi connectivity index (χ0n) is 10.3. The molecule has 0 aromatic carbocycles. The van der Waals surface area contributed by atoms with E-state index in [1.165, 1.54) is 6.42 Å². The van der Waals surface area contributed by atoms with Gasteiger partial charge in [-0.25, -0.2) is 13.1 Å². The topological polar surface area (TPSA) is 58.2 Å². The van der Waals surface area contributed by atoms with Gasteiger partial charge in [0.15, 0.2) is 0 Å². The second-order valence-corrected chi connectivity index (χ2v) is 6.63. The minimum absolute atomic E-state index is 0.162. The van der Waals surface area contributed by atoms with Crippen molar-refractivity contribution in [1.29, 1.82) is 0 Å². The van der Waals surface area contributed by atoms with Crippen LogP contribution in [0.2, 0.25) is 0 Å². The van der Waals surface area contributed by atoms with Gasteiger partial charge in [-0.3, -0.25) is 0 Å². The van der Waals surface area contributed by atoms with E-state index in [4.69, 9.17) is 0 Å². The molecule has 16 heavy (non-hydrogen) atoms. The van der Waals surface area contributed by atoms with E-state index >= 15 is 0 Å². The van der Waals surface area contributed by atoms with Gasteiger partial charge in [0, 0.05) is 12.6 Å². The predicted molar refractivity (Wildman–Crippen MR) is 66.9 cm³/mol. The van der Waals surface area contributed by atoms with E-state index in [1.807, 2.05) is 6.92 Å². The minimum atomic E-state index is -3.09. The standard InChI is InChI=1S/C11H24N2O2S/c1-3-12-7-8-16(14,15)13-11-6-4-5-10(2)9-11/h10-13H,3-9H2,1-2H3. The van der Waals surface area contributed by atoms with Gasteiger partial charge < -0.3 is 5.32 Å². The Bertz CT molecular complexity index is 290. The van der Waals surface area contributed by atoms with Gasteiger partial charge in [-0.05, 0) is 25.3 Å². The first-order valence-corrected chi connectivity index (χ1v) is 7.89. The maximum atomic E-state index is 11.7. The van der Waals surface area contributed by atoms with Gasteiger partial charge in [-0.15, -0.1) is 0 Å². The molecule has 96 valence electrons. The second-order valence-electron chi connectivity index (χ2n) is 4.76. The Labute approximate surface area is 99.2 Å². The van der Waals surface area contributed by atoms with Gasteiger partial charge in [0.25, 0.3) is 0 Å². The molecule has 0 saturated heterocycles. The predicted octanol–water partition coefficient (Wildman–Crippen LogP) is 1.09. The summed E-state index contributed by atoms with van der Waals surface area (Å²) in [7, 11) is -3.09. The molecule has 1 fully saturated rings. The third-order valence-corrected chi connectivity index (χ3v) is 4.51. The van der Waals surface area contributed by atoms with Crippen LogP contribution in [0.3, 0.4) is 0 Å². The summed E-state index contributed by atoms with van der Waals surface area (Å²) in [4.78, 5) is 0. The maximum Gasteiger partial charge on any atom is 0.213 e. The molecule has 0 bridgehead atoms. The molecule has 0 spiro atoms. The van der Waals surface area contributed by atoms with Gasteiger partial charge >= 0.3 is 0 Å². The van der Waals surface area contributed by atoms with Crippen LogP contribution < -0.4 is 10.0 Å². The summed E-state index contributed by atoms with van der Waals surface area (Å²) < 4.78 is 26.3. The Morgan fingerprint density at radius 3 is 2.69 bits per heavy atom. The molecule has 0 heterocycles. The van der Waals surface area contributed by atoms with Crippen LogP contribution in [0.4, 0.5) is 0 Å². The van der Waals surface area contributed by atoms with E-state index in [-0.39, 0.29) is 11.8 Å². The second kappa shape index (κ2) is 6.57. The van der Waals surface area contributed by atoms with Crippen LogP contribution in [0.5, 0.6) is 0 Å². The molecular weight excluding hydrogens is 224 g/mol. The van der Waals surface area contributed by atoms with Gasteiger partial charge in [-0.1, -0.05) is 26.7 Å². The van der Waals surface area contributed by atoms with Crippen molar-refractivity contribution in [2.45, 2.75) is 45.6 Å². The lowest BCUT2D eigenvalue weighted by atomic mass is 9.88. The highest BCUT2D eigenvalue weighted by Crippen LogP contribution is 2.23. The summed E-state index contributed by atoms with van der Waals surface area (Å²) in [6.07, 6.45) is 4.35. The Morgan fingerprint density at radius 2 is 2.06 bits per heavy atom. The lowest BCUT2D eigenvalue weighted by Crippen LogP contribution is -2.41. The summed E-state index contributed by atoms with van der Waals surface area (Å²) in [5.41, 5.74) is 0. The van der Waals surface area contributed by atoms with Crippen molar-refractivity contribution < 1.29 is 8.42 Å². The fourth-order valence-electron chi connectivity index (χ4n) is 2.24. The number of nitrogens with one attached hydrogen (secondary N) is 2. The Morgan fingerprint density at radius 1 is 1.31 bits per heavy atom. The molecule has 0 aromatic rings. The molecule has 5 heteroatoms. The Balaban J connectivity index is 2.33. The highest BCUT2D eigenvalue weighted by atomic mass is 32.2. The smallest absolute Gasteiger partial charge is 0.213 e. The lowest BCUT2D eigenvalue weighted by molar-refractivity contribution is 0.327. The molecular formula is C11H24N2O2S. The van der Waals surface area contributed by atoms with Gasteiger partial charge in [0.05, 0.1) is 5.75 Å². The molecule has 2 unspecified atom stereocenters. The van der Waals surface area contributed by atoms with Crippen LogP contribution >= 0.6 is 0 Å². The normalized spacial score (nSPS) is 26.9. The van der Waals surface area contributed by atoms with Crippen LogP contribution in [-0.4, -0.2) is 33.3 Å². The molecule has 1 aliphatic carbocycles. The molecule has 1 aliphatic rings. The summed E-state index contributed by atoms with van der Waals surface area (Å²) in [5.74, 6) is 0.835. The highest BCUT2D eigenvalue weighted by molar-refractivity contribution is 7.89. The van der Waals surface area contributed by atoms with Crippen LogP contribution in [0.15, 0.2) is 0 Å². The van der Waals surface area contributed by atoms with Crippen molar-refractivity contribution in [1.82, 2.24) is 10.0 Å². The van der Waals surface area contributed by atoms with E-state index < -0.39 is 10.0 Å². The van der Waals surface area contributed by atoms with Crippen LogP contribution in [0.25, 0.3) is 0 Å². The molecule has 1 saturated carbocycles. The van der Waals surface area contributed by atoms with Crippen LogP contribution in [0.1, 0.15) is 39.5 Å². The quantitative estimate of drug-likeness (QED) is 0.692. The average molecular weight is 248 g/mol. The summed E-state index contributed by atoms with van der Waals surface area (Å²) in [6, 6.07) is 0.162. The molecule has 2 atom stereocenters. The number of rotatable bonds is 6. The van der Waals surface area contributed by atoms with Crippen LogP contribution in [0, 0.1) is 5.92 Å². The fraction of sp³-hybridized carbons (Fsp3) is 1.00. The monoisotopic (exact) mass is 248 g/mol. The van der Waals surface area contributed by atoms with Gasteiger partial charge in [0.2, 0.25) is 10.0 Å². The Kier molecular flexibility index (Phi) is 5.72. The van der Waals surface area contributed by atoms with E-state index in [0.29, 0.717) is 12.5 Å². The Hall–Kier alpha value is -0.130. The summed E-state index contributed by atoms with van der Waals surface area (Å²) in [5, 5.41) is 3.03. The first-order valence-electron chi connectivity index (χ1n) is 6.24. The van der Waals surface area contributed by atoms with E-state index in [1.54, 1.807) is 0 Å². The number of hydrogen-bond donors (Lipinski definition) is 2. The van der Waals surface area contributed by atoms with Crippen LogP contribution in [-0.2, 0) is 10.0 Å². The molecule has 2 N–H and O–H groups in total. The maximum absolute atomic E-state index is 11.7. The zero-order chi connectivity index (χ0) is 12.0. The zero-order valence-corrected chi connectivity index (χ0v) is 11.1. The lowest BCUT2D eigenvalue weighted by Gasteiger charge is -2.27. The molecule has 0 aromatic heterocycles. The first-order chi connectivity index (χ1) is 7.53. The van der Waals surface area contributed by atoms with Crippen molar-refractivity contribution in [2.24, 2.45) is 5.92 Å². The fourth-order valence-corrected chi connectivity index (χ4v) is 3.49. The SMILES string of the molecule is CCNCCS(=O)(=O)NC1CCCC(C)C1. The molecule has 1 rings (SSSR count). The number of sulfonamides is 1. The molecule has 4 nitrogen and oxygen atoms in total. The molecule has 0 amide bonds. The highest BCUT2D eigenvalue weighted by Gasteiger charge is 2.22. The van der Waals surface area contributed by atoms with Gasteiger partial charge in [0.1, 0.15) is 0 Å². The average Bonchev–Trinajstić information content (AvgIpc) is 2.17. The van der Waals surface area contributed by atoms with E-state index in [2.05, 4.69) is 17.0 Å². The van der Waals surface area contributed by atoms with Crippen molar-refractivity contribution in [2.75, 3.05) is 18.8 Å². The number of hydrogen-bond acceptors (Lipinski definition) is 3. The largest absolute Gasteiger partial charge is 0.316 e. The molecule has 0 aliphatic heterocycles. The van der Waals surface area contributed by atoms with Crippen molar-refractivity contribution in [3.8, 4) is 0 Å². The third kappa shape index (κ3) is 5.27. The van der Waals surface area contributed by atoms with E-state index in [9.17, 15) is 8.42 Å². The van der Waals surface area contributed by atoms with E-state index in [0.717, 1.165) is 25.8 Å². The minimum Gasteiger partial charge on any atom is -0.316 e. The van der Waals surface area contributed by atoms with Crippen molar-refractivity contribution in [3.63, 3.8) is 0 Å². The first kappa shape index (κ1) is 13.9. The summed E-state index contributed by atoms with van der Waals surface area (Å²) in [6.45, 7) is 5.52. The third-order valence-electron chi connectivity index (χ3n) is 3.08. The van der Waals surface area contributed by atoms with Crippen molar-refractivity contribution in [3.05, 3.63) is 0 Å².